The van der Waals surface area contributed by atoms with Crippen LogP contribution in [0, 0.1) is 17.2 Å². The molecule has 102 valence electrons. The highest BCUT2D eigenvalue weighted by Gasteiger charge is 2.02. The van der Waals surface area contributed by atoms with Crippen LogP contribution in [-0.2, 0) is 11.3 Å². The van der Waals surface area contributed by atoms with Crippen LogP contribution in [0.1, 0.15) is 31.7 Å². The lowest BCUT2D eigenvalue weighted by Crippen LogP contribution is -2.25. The van der Waals surface area contributed by atoms with Crippen LogP contribution in [-0.4, -0.2) is 12.6 Å². The number of nitriles is 1. The zero-order valence-corrected chi connectivity index (χ0v) is 11.3. The Morgan fingerprint density at radius 1 is 1.37 bits per heavy atom. The molecule has 1 unspecified atom stereocenters. The van der Waals surface area contributed by atoms with E-state index in [2.05, 4.69) is 11.4 Å². The Kier molecular flexibility index (Phi) is 7.11. The fourth-order valence-electron chi connectivity index (χ4n) is 1.60. The fourth-order valence-corrected chi connectivity index (χ4v) is 1.60. The van der Waals surface area contributed by atoms with E-state index in [1.54, 1.807) is 0 Å². The minimum Gasteiger partial charge on any atom is -0.445 e. The van der Waals surface area contributed by atoms with Crippen LogP contribution in [0.15, 0.2) is 30.3 Å². The first-order valence-electron chi connectivity index (χ1n) is 6.56. The monoisotopic (exact) mass is 260 g/mol. The highest BCUT2D eigenvalue weighted by molar-refractivity contribution is 5.67. The Morgan fingerprint density at radius 2 is 2.11 bits per heavy atom. The zero-order valence-electron chi connectivity index (χ0n) is 11.3. The number of benzene rings is 1. The molecule has 1 aromatic carbocycles. The molecule has 0 aliphatic rings. The lowest BCUT2D eigenvalue weighted by molar-refractivity contribution is 0.139. The van der Waals surface area contributed by atoms with Gasteiger partial charge in [0.05, 0.1) is 6.07 Å². The quantitative estimate of drug-likeness (QED) is 0.765. The molecular weight excluding hydrogens is 240 g/mol. The Balaban J connectivity index is 2.04. The van der Waals surface area contributed by atoms with Crippen molar-refractivity contribution in [2.75, 3.05) is 6.54 Å². The number of nitrogens with one attached hydrogen (secondary N) is 1. The Bertz CT molecular complexity index is 412. The number of hydrogen-bond acceptors (Lipinski definition) is 3. The maximum absolute atomic E-state index is 11.4. The van der Waals surface area contributed by atoms with Crippen LogP contribution in [0.3, 0.4) is 0 Å². The van der Waals surface area contributed by atoms with Crippen LogP contribution in [0.25, 0.3) is 0 Å². The van der Waals surface area contributed by atoms with Gasteiger partial charge in [-0.2, -0.15) is 5.26 Å². The summed E-state index contributed by atoms with van der Waals surface area (Å²) in [5, 5.41) is 11.3. The lowest BCUT2D eigenvalue weighted by atomic mass is 10.1. The van der Waals surface area contributed by atoms with Gasteiger partial charge >= 0.3 is 6.09 Å². The van der Waals surface area contributed by atoms with Gasteiger partial charge in [-0.25, -0.2) is 4.79 Å². The Hall–Kier alpha value is -2.02. The molecule has 0 aliphatic heterocycles. The van der Waals surface area contributed by atoms with E-state index in [-0.39, 0.29) is 12.5 Å². The number of nitrogens with zero attached hydrogens (tertiary/aromatic N) is 1. The summed E-state index contributed by atoms with van der Waals surface area (Å²) in [6.45, 7) is 2.78. The van der Waals surface area contributed by atoms with Crippen molar-refractivity contribution in [1.82, 2.24) is 5.32 Å². The number of carbonyl (C=O) groups is 1. The minimum absolute atomic E-state index is 0.0880. The highest BCUT2D eigenvalue weighted by Crippen LogP contribution is 2.05. The van der Waals surface area contributed by atoms with E-state index in [9.17, 15) is 4.79 Å². The average molecular weight is 260 g/mol. The van der Waals surface area contributed by atoms with Crippen molar-refractivity contribution >= 4 is 6.09 Å². The number of unbranched alkanes of at least 4 members (excludes halogenated alkanes) is 1. The van der Waals surface area contributed by atoms with Gasteiger partial charge in [0.25, 0.3) is 0 Å². The van der Waals surface area contributed by atoms with Gasteiger partial charge in [0.15, 0.2) is 0 Å². The maximum atomic E-state index is 11.4. The van der Waals surface area contributed by atoms with Crippen molar-refractivity contribution in [1.29, 1.82) is 5.26 Å². The molecule has 0 aliphatic carbocycles. The fraction of sp³-hybridized carbons (Fsp3) is 0.467. The molecule has 1 rings (SSSR count). The topological polar surface area (TPSA) is 62.1 Å². The number of alkyl carbamates (subject to hydrolysis) is 1. The molecule has 4 nitrogen and oxygen atoms in total. The normalized spacial score (nSPS) is 11.4. The van der Waals surface area contributed by atoms with Crippen LogP contribution in [0.4, 0.5) is 4.79 Å². The SMILES string of the molecule is CC(C#N)CCCCNC(=O)OCc1ccccc1. The van der Waals surface area contributed by atoms with Gasteiger partial charge < -0.3 is 10.1 Å². The third kappa shape index (κ3) is 7.10. The summed E-state index contributed by atoms with van der Waals surface area (Å²) < 4.78 is 5.07. The zero-order chi connectivity index (χ0) is 13.9. The molecule has 4 heteroatoms. The average Bonchev–Trinajstić information content (AvgIpc) is 2.45. The summed E-state index contributed by atoms with van der Waals surface area (Å²) in [5.41, 5.74) is 0.973. The molecule has 0 saturated carbocycles. The predicted molar refractivity (Wildman–Crippen MR) is 73.3 cm³/mol. The van der Waals surface area contributed by atoms with Gasteiger partial charge in [-0.3, -0.25) is 0 Å². The highest BCUT2D eigenvalue weighted by atomic mass is 16.5. The largest absolute Gasteiger partial charge is 0.445 e. The summed E-state index contributed by atoms with van der Waals surface area (Å²) in [7, 11) is 0. The van der Waals surface area contributed by atoms with Gasteiger partial charge in [0.1, 0.15) is 6.61 Å². The van der Waals surface area contributed by atoms with E-state index < -0.39 is 6.09 Å². The molecule has 0 aromatic heterocycles. The third-order valence-electron chi connectivity index (χ3n) is 2.77. The van der Waals surface area contributed by atoms with Crippen molar-refractivity contribution < 1.29 is 9.53 Å². The van der Waals surface area contributed by atoms with E-state index in [4.69, 9.17) is 10.00 Å². The first-order chi connectivity index (χ1) is 9.22. The van der Waals surface area contributed by atoms with E-state index in [1.165, 1.54) is 0 Å². The van der Waals surface area contributed by atoms with E-state index in [1.807, 2.05) is 37.3 Å². The van der Waals surface area contributed by atoms with Crippen LogP contribution in [0.5, 0.6) is 0 Å². The molecule has 1 N–H and O–H groups in total. The second-order valence-corrected chi connectivity index (χ2v) is 4.51. The summed E-state index contributed by atoms with van der Waals surface area (Å²) >= 11 is 0. The molecule has 0 spiro atoms. The predicted octanol–water partition coefficient (Wildman–Crippen LogP) is 3.24. The molecule has 0 saturated heterocycles. The molecule has 0 bridgehead atoms. The molecule has 0 fully saturated rings. The Morgan fingerprint density at radius 3 is 2.79 bits per heavy atom. The first kappa shape index (κ1) is 15.0. The molecule has 1 amide bonds. The van der Waals surface area contributed by atoms with Gasteiger partial charge in [-0.1, -0.05) is 36.8 Å². The number of hydrogen-bond donors (Lipinski definition) is 1. The van der Waals surface area contributed by atoms with Gasteiger partial charge in [0, 0.05) is 12.5 Å². The van der Waals surface area contributed by atoms with Crippen LogP contribution < -0.4 is 5.32 Å². The summed E-state index contributed by atoms with van der Waals surface area (Å²) in [6.07, 6.45) is 2.29. The maximum Gasteiger partial charge on any atom is 0.407 e. The van der Waals surface area contributed by atoms with Crippen molar-refractivity contribution in [3.63, 3.8) is 0 Å². The van der Waals surface area contributed by atoms with Gasteiger partial charge in [0.2, 0.25) is 0 Å². The standard InChI is InChI=1S/C15H20N2O2/c1-13(11-16)7-5-6-10-17-15(18)19-12-14-8-3-2-4-9-14/h2-4,8-9,13H,5-7,10,12H2,1H3,(H,17,18). The number of amides is 1. The molecule has 19 heavy (non-hydrogen) atoms. The van der Waals surface area contributed by atoms with Crippen molar-refractivity contribution in [3.05, 3.63) is 35.9 Å². The minimum atomic E-state index is -0.391. The lowest BCUT2D eigenvalue weighted by Gasteiger charge is -2.07. The van der Waals surface area contributed by atoms with Crippen LogP contribution in [0.2, 0.25) is 0 Å². The summed E-state index contributed by atoms with van der Waals surface area (Å²) in [5.74, 6) is 0.0880. The smallest absolute Gasteiger partial charge is 0.407 e. The summed E-state index contributed by atoms with van der Waals surface area (Å²) in [6, 6.07) is 11.8. The first-order valence-corrected chi connectivity index (χ1v) is 6.56. The molecule has 0 radical (unpaired) electrons. The number of rotatable bonds is 7. The molecule has 1 atom stereocenters. The van der Waals surface area contributed by atoms with Crippen LogP contribution >= 0.6 is 0 Å². The molecule has 1 aromatic rings. The number of carbonyl (C=O) groups excluding carboxylic acids is 1. The second kappa shape index (κ2) is 8.98. The summed E-state index contributed by atoms with van der Waals surface area (Å²) in [4.78, 5) is 11.4. The van der Waals surface area contributed by atoms with Crippen molar-refractivity contribution in [3.8, 4) is 6.07 Å². The molecule has 0 heterocycles. The second-order valence-electron chi connectivity index (χ2n) is 4.51. The van der Waals surface area contributed by atoms with Crippen molar-refractivity contribution in [2.45, 2.75) is 32.8 Å². The van der Waals surface area contributed by atoms with Crippen molar-refractivity contribution in [2.24, 2.45) is 5.92 Å². The van der Waals surface area contributed by atoms with Gasteiger partial charge in [-0.15, -0.1) is 0 Å². The number of ether oxygens (including phenoxy) is 1. The third-order valence-corrected chi connectivity index (χ3v) is 2.77. The molecular formula is C15H20N2O2. The van der Waals surface area contributed by atoms with E-state index in [0.29, 0.717) is 6.54 Å². The Labute approximate surface area is 114 Å². The van der Waals surface area contributed by atoms with E-state index >= 15 is 0 Å². The van der Waals surface area contributed by atoms with E-state index in [0.717, 1.165) is 24.8 Å². The van der Waals surface area contributed by atoms with Gasteiger partial charge in [-0.05, 0) is 25.3 Å².